The van der Waals surface area contributed by atoms with Gasteiger partial charge in [-0.25, -0.2) is 8.42 Å². The summed E-state index contributed by atoms with van der Waals surface area (Å²) in [6.07, 6.45) is 14.2. The lowest BCUT2D eigenvalue weighted by molar-refractivity contribution is -0.246. The third kappa shape index (κ3) is 6.54. The van der Waals surface area contributed by atoms with Gasteiger partial charge in [0.25, 0.3) is 0 Å². The molecule has 6 rings (SSSR count). The van der Waals surface area contributed by atoms with E-state index in [-0.39, 0.29) is 50.9 Å². The number of allylic oxidation sites excluding steroid dienone is 1. The van der Waals surface area contributed by atoms with Crippen LogP contribution in [0.4, 0.5) is 0 Å². The molecular weight excluding hydrogens is 673 g/mol. The second-order valence-electron chi connectivity index (χ2n) is 20.8. The van der Waals surface area contributed by atoms with Crippen molar-refractivity contribution in [2.24, 2.45) is 56.7 Å². The molecule has 5 saturated carbocycles. The Bertz CT molecular complexity index is 1520. The van der Waals surface area contributed by atoms with Gasteiger partial charge >= 0.3 is 11.9 Å². The highest BCUT2D eigenvalue weighted by Gasteiger charge is 2.71. The zero-order valence-corrected chi connectivity index (χ0v) is 34.9. The van der Waals surface area contributed by atoms with Crippen molar-refractivity contribution in [2.75, 3.05) is 32.4 Å². The topological polar surface area (TPSA) is 113 Å². The Morgan fingerprint density at radius 2 is 1.56 bits per heavy atom. The number of hydrogen-bond donors (Lipinski definition) is 2. The Kier molecular flexibility index (Phi) is 10.5. The molecule has 0 unspecified atom stereocenters. The van der Waals surface area contributed by atoms with E-state index in [1.165, 1.54) is 56.8 Å². The molecule has 0 aromatic heterocycles. The number of rotatable bonds is 10. The van der Waals surface area contributed by atoms with Crippen LogP contribution in [0, 0.1) is 56.7 Å². The van der Waals surface area contributed by atoms with E-state index in [1.54, 1.807) is 13.8 Å². The first-order valence-corrected chi connectivity index (χ1v) is 22.7. The van der Waals surface area contributed by atoms with Gasteiger partial charge in [0.15, 0.2) is 0 Å². The minimum atomic E-state index is -2.96. The van der Waals surface area contributed by atoms with Crippen molar-refractivity contribution in [3.63, 3.8) is 0 Å². The average Bonchev–Trinajstić information content (AvgIpc) is 3.42. The summed E-state index contributed by atoms with van der Waals surface area (Å²) in [5.41, 5.74) is 0.796. The molecule has 0 aromatic carbocycles. The third-order valence-electron chi connectivity index (χ3n) is 17.5. The van der Waals surface area contributed by atoms with Gasteiger partial charge in [-0.05, 0) is 157 Å². The van der Waals surface area contributed by atoms with E-state index in [2.05, 4.69) is 58.3 Å². The zero-order valence-electron chi connectivity index (χ0n) is 34.1. The zero-order chi connectivity index (χ0) is 38.3. The molecule has 296 valence electrons. The number of nitrogens with zero attached hydrogens (tertiary/aromatic N) is 1. The lowest BCUT2D eigenvalue weighted by Crippen LogP contribution is -2.69. The fourth-order valence-electron chi connectivity index (χ4n) is 14.3. The minimum absolute atomic E-state index is 0.107. The van der Waals surface area contributed by atoms with Crippen LogP contribution in [0.25, 0.3) is 0 Å². The van der Waals surface area contributed by atoms with Gasteiger partial charge in [-0.15, -0.1) is 0 Å². The molecule has 52 heavy (non-hydrogen) atoms. The molecule has 0 bridgehead atoms. The van der Waals surface area contributed by atoms with Crippen LogP contribution in [0.2, 0.25) is 0 Å². The van der Waals surface area contributed by atoms with Gasteiger partial charge in [0.2, 0.25) is 0 Å². The number of carbonyl (C=O) groups is 2. The van der Waals surface area contributed by atoms with Crippen molar-refractivity contribution in [1.82, 2.24) is 10.2 Å². The summed E-state index contributed by atoms with van der Waals surface area (Å²) in [5, 5.41) is 13.7. The van der Waals surface area contributed by atoms with Gasteiger partial charge in [-0.3, -0.25) is 9.59 Å². The van der Waals surface area contributed by atoms with Crippen molar-refractivity contribution in [3.8, 4) is 0 Å². The number of carboxylic acids is 1. The van der Waals surface area contributed by atoms with E-state index in [1.807, 2.05) is 0 Å². The molecule has 2 N–H and O–H groups in total. The number of fused-ring (bicyclic) bond motifs is 7. The summed E-state index contributed by atoms with van der Waals surface area (Å²) in [4.78, 5) is 27.3. The molecule has 5 aliphatic carbocycles. The molecule has 1 heterocycles. The first-order valence-electron chi connectivity index (χ1n) is 20.8. The second kappa shape index (κ2) is 13.6. The highest BCUT2D eigenvalue weighted by molar-refractivity contribution is 7.91. The summed E-state index contributed by atoms with van der Waals surface area (Å²) >= 11 is 0. The molecular formula is C43H72N2O6S. The summed E-state index contributed by atoms with van der Waals surface area (Å²) < 4.78 is 30.4. The largest absolute Gasteiger partial charge is 0.481 e. The van der Waals surface area contributed by atoms with Crippen molar-refractivity contribution in [2.45, 2.75) is 156 Å². The fraction of sp³-hybridized carbons (Fsp3) is 0.907. The number of hydrogen-bond acceptors (Lipinski definition) is 7. The average molecular weight is 745 g/mol. The summed E-state index contributed by atoms with van der Waals surface area (Å²) in [6.45, 7) is 26.3. The number of likely N-dealkylation sites (tertiary alicyclic amines) is 1. The maximum atomic E-state index is 13.1. The van der Waals surface area contributed by atoms with Crippen LogP contribution in [0.5, 0.6) is 0 Å². The highest BCUT2D eigenvalue weighted by Crippen LogP contribution is 2.76. The Labute approximate surface area is 316 Å². The fourth-order valence-corrected chi connectivity index (χ4v) is 15.4. The molecule has 6 fully saturated rings. The van der Waals surface area contributed by atoms with E-state index < -0.39 is 21.2 Å². The molecule has 1 aliphatic heterocycles. The lowest BCUT2D eigenvalue weighted by Gasteiger charge is -2.73. The molecule has 8 nitrogen and oxygen atoms in total. The number of piperidine rings is 1. The molecule has 9 heteroatoms. The number of nitrogens with one attached hydrogen (secondary N) is 1. The molecule has 6 aliphatic rings. The number of sulfone groups is 1. The van der Waals surface area contributed by atoms with E-state index in [9.17, 15) is 23.1 Å². The number of carbonyl (C=O) groups excluding carboxylic acids is 1. The van der Waals surface area contributed by atoms with Gasteiger partial charge in [0.05, 0.1) is 17.1 Å². The van der Waals surface area contributed by atoms with Crippen LogP contribution in [0.15, 0.2) is 12.2 Å². The van der Waals surface area contributed by atoms with Gasteiger partial charge in [-0.2, -0.15) is 0 Å². The first kappa shape index (κ1) is 40.2. The molecule has 1 saturated heterocycles. The van der Waals surface area contributed by atoms with Crippen molar-refractivity contribution in [1.29, 1.82) is 0 Å². The van der Waals surface area contributed by atoms with Gasteiger partial charge in [-0.1, -0.05) is 46.8 Å². The summed E-state index contributed by atoms with van der Waals surface area (Å²) in [6, 6.07) is 0. The standard InChI is InChI=1S/C43H72N2O6S/c1-28(2)30-13-20-43(44-23-26-45-24-16-29(17-25-45)52(10,49)50)22-21-41(8)31(36(30)43)11-12-33-40(7)18-15-34(51-35(46)27-38(3,4)37(47)48)39(5,6)32(40)14-19-42(33,41)9/h29-34,36,44H,1,11-27H2,2-10H3,(H,47,48)/t30-,31+,32-,33+,34-,36+,40-,41+,42+,43-/m0/s1. The monoisotopic (exact) mass is 745 g/mol. The number of ether oxygens (including phenoxy) is 1. The van der Waals surface area contributed by atoms with Crippen LogP contribution in [0.3, 0.4) is 0 Å². The normalized spacial score (nSPS) is 42.3. The maximum Gasteiger partial charge on any atom is 0.309 e. The number of esters is 1. The van der Waals surface area contributed by atoms with E-state index in [0.717, 1.165) is 58.3 Å². The number of carboxylic acid groups (broad SMARTS) is 1. The van der Waals surface area contributed by atoms with Crippen molar-refractivity contribution < 1.29 is 27.9 Å². The quantitative estimate of drug-likeness (QED) is 0.172. The molecule has 10 atom stereocenters. The highest BCUT2D eigenvalue weighted by atomic mass is 32.2. The predicted octanol–water partition coefficient (Wildman–Crippen LogP) is 7.91. The molecule has 0 aromatic rings. The van der Waals surface area contributed by atoms with Gasteiger partial charge < -0.3 is 20.1 Å². The van der Waals surface area contributed by atoms with Crippen molar-refractivity contribution in [3.05, 3.63) is 12.2 Å². The van der Waals surface area contributed by atoms with Crippen molar-refractivity contribution >= 4 is 21.8 Å². The third-order valence-corrected chi connectivity index (χ3v) is 19.2. The van der Waals surface area contributed by atoms with E-state index in [4.69, 9.17) is 4.74 Å². The van der Waals surface area contributed by atoms with Crippen LogP contribution < -0.4 is 5.32 Å². The van der Waals surface area contributed by atoms with E-state index in [0.29, 0.717) is 29.6 Å². The first-order chi connectivity index (χ1) is 24.0. The van der Waals surface area contributed by atoms with Gasteiger partial charge in [0, 0.05) is 30.3 Å². The second-order valence-corrected chi connectivity index (χ2v) is 23.2. The van der Waals surface area contributed by atoms with Crippen LogP contribution in [0.1, 0.15) is 139 Å². The lowest BCUT2D eigenvalue weighted by atomic mass is 9.32. The maximum absolute atomic E-state index is 13.1. The summed E-state index contributed by atoms with van der Waals surface area (Å²) in [5.74, 6) is 1.48. The Morgan fingerprint density at radius 1 is 0.885 bits per heavy atom. The predicted molar refractivity (Wildman–Crippen MR) is 207 cm³/mol. The van der Waals surface area contributed by atoms with Gasteiger partial charge in [0.1, 0.15) is 15.9 Å². The summed E-state index contributed by atoms with van der Waals surface area (Å²) in [7, 11) is -2.96. The molecule has 0 spiro atoms. The van der Waals surface area contributed by atoms with Crippen LogP contribution in [-0.4, -0.2) is 79.7 Å². The Hall–Kier alpha value is -1.45. The smallest absolute Gasteiger partial charge is 0.309 e. The van der Waals surface area contributed by atoms with Crippen LogP contribution in [-0.2, 0) is 24.2 Å². The Balaban J connectivity index is 1.18. The minimum Gasteiger partial charge on any atom is -0.481 e. The number of aliphatic carboxylic acids is 1. The molecule has 0 amide bonds. The van der Waals surface area contributed by atoms with Crippen LogP contribution >= 0.6 is 0 Å². The SMILES string of the molecule is C=C(C)[C@@H]1CC[C@]2(NCCN3CCC(S(C)(=O)=O)CC3)CC[C@]3(C)[C@H](CC[C@@H]4[C@@]5(C)CC[C@H](OC(=O)CC(C)(C)C(=O)O)C(C)(C)[C@@H]5CC[C@]43C)[C@@H]12. The molecule has 0 radical (unpaired) electrons. The Morgan fingerprint density at radius 3 is 2.17 bits per heavy atom. The van der Waals surface area contributed by atoms with E-state index >= 15 is 0 Å².